The summed E-state index contributed by atoms with van der Waals surface area (Å²) in [5, 5.41) is 18.8. The second-order valence-electron chi connectivity index (χ2n) is 4.98. The zero-order valence-corrected chi connectivity index (χ0v) is 13.2. The van der Waals surface area contributed by atoms with Crippen molar-refractivity contribution in [3.05, 3.63) is 45.1 Å². The predicted octanol–water partition coefficient (Wildman–Crippen LogP) is 3.80. The van der Waals surface area contributed by atoms with Gasteiger partial charge in [-0.2, -0.15) is 0 Å². The van der Waals surface area contributed by atoms with E-state index < -0.39 is 5.97 Å². The van der Waals surface area contributed by atoms with Gasteiger partial charge in [-0.1, -0.05) is 6.07 Å². The molecule has 1 heterocycles. The number of nitrogens with zero attached hydrogens (tertiary/aromatic N) is 1. The number of hydrogen-bond acceptors (Lipinski definition) is 4. The first kappa shape index (κ1) is 15.4. The summed E-state index contributed by atoms with van der Waals surface area (Å²) in [6.07, 6.45) is 0. The van der Waals surface area contributed by atoms with Crippen LogP contribution < -0.4 is 4.90 Å². The number of aromatic carboxylic acids is 1. The summed E-state index contributed by atoms with van der Waals surface area (Å²) in [6, 6.07) is 7.04. The molecular weight excluding hydrogens is 286 g/mol. The van der Waals surface area contributed by atoms with Crippen LogP contribution in [0.2, 0.25) is 0 Å². The van der Waals surface area contributed by atoms with Crippen molar-refractivity contribution in [3.63, 3.8) is 0 Å². The van der Waals surface area contributed by atoms with Gasteiger partial charge in [-0.3, -0.25) is 0 Å². The molecule has 0 atom stereocenters. The maximum Gasteiger partial charge on any atom is 0.345 e. The fraction of sp³-hybridized carbons (Fsp3) is 0.312. The Bertz CT molecular complexity index is 664. The van der Waals surface area contributed by atoms with Crippen LogP contribution in [0.5, 0.6) is 5.75 Å². The van der Waals surface area contributed by atoms with Crippen LogP contribution in [-0.2, 0) is 6.54 Å². The van der Waals surface area contributed by atoms with Gasteiger partial charge >= 0.3 is 5.97 Å². The zero-order valence-electron chi connectivity index (χ0n) is 12.4. The van der Waals surface area contributed by atoms with Gasteiger partial charge in [0.05, 0.1) is 0 Å². The average Bonchev–Trinajstić information content (AvgIpc) is 2.80. The Morgan fingerprint density at radius 2 is 2.00 bits per heavy atom. The van der Waals surface area contributed by atoms with E-state index in [1.54, 1.807) is 18.2 Å². The van der Waals surface area contributed by atoms with E-state index in [1.165, 1.54) is 11.3 Å². The summed E-state index contributed by atoms with van der Waals surface area (Å²) in [4.78, 5) is 14.6. The molecule has 0 aliphatic heterocycles. The zero-order chi connectivity index (χ0) is 15.6. The lowest BCUT2D eigenvalue weighted by molar-refractivity contribution is 0.0702. The van der Waals surface area contributed by atoms with Crippen molar-refractivity contribution < 1.29 is 15.0 Å². The molecule has 112 valence electrons. The maximum absolute atomic E-state index is 11.1. The van der Waals surface area contributed by atoms with Crippen molar-refractivity contribution in [2.24, 2.45) is 0 Å². The number of aryl methyl sites for hydroxylation is 2. The second kappa shape index (κ2) is 6.18. The number of hydrogen-bond donors (Lipinski definition) is 2. The van der Waals surface area contributed by atoms with Crippen molar-refractivity contribution in [2.45, 2.75) is 27.3 Å². The molecule has 0 fully saturated rings. The van der Waals surface area contributed by atoms with Gasteiger partial charge in [0.15, 0.2) is 0 Å². The van der Waals surface area contributed by atoms with Gasteiger partial charge in [0, 0.05) is 29.7 Å². The van der Waals surface area contributed by atoms with Crippen LogP contribution in [0.25, 0.3) is 0 Å². The largest absolute Gasteiger partial charge is 0.508 e. The Morgan fingerprint density at radius 3 is 2.57 bits per heavy atom. The first-order valence-corrected chi connectivity index (χ1v) is 7.61. The summed E-state index contributed by atoms with van der Waals surface area (Å²) in [5.41, 5.74) is 3.07. The number of phenolic OH excluding ortho intramolecular Hbond substituents is 1. The number of thiophene rings is 1. The normalized spacial score (nSPS) is 10.6. The highest BCUT2D eigenvalue weighted by atomic mass is 32.1. The van der Waals surface area contributed by atoms with Crippen LogP contribution in [0.15, 0.2) is 24.3 Å². The molecule has 4 nitrogen and oxygen atoms in total. The first-order valence-electron chi connectivity index (χ1n) is 6.79. The highest BCUT2D eigenvalue weighted by molar-refractivity contribution is 7.14. The van der Waals surface area contributed by atoms with Gasteiger partial charge in [-0.15, -0.1) is 11.3 Å². The quantitative estimate of drug-likeness (QED) is 0.882. The lowest BCUT2D eigenvalue weighted by Crippen LogP contribution is -2.22. The van der Waals surface area contributed by atoms with Gasteiger partial charge < -0.3 is 15.1 Å². The molecule has 2 N–H and O–H groups in total. The van der Waals surface area contributed by atoms with Crippen molar-refractivity contribution in [3.8, 4) is 5.75 Å². The minimum atomic E-state index is -0.883. The van der Waals surface area contributed by atoms with E-state index in [0.717, 1.165) is 28.2 Å². The number of phenols is 1. The molecule has 0 saturated heterocycles. The number of carboxylic acid groups (broad SMARTS) is 1. The molecule has 21 heavy (non-hydrogen) atoms. The molecule has 0 amide bonds. The molecule has 0 aliphatic rings. The van der Waals surface area contributed by atoms with Crippen LogP contribution in [0, 0.1) is 13.8 Å². The molecule has 1 aromatic heterocycles. The SMILES string of the molecule is CCN(Cc1cc(C(=O)O)sc1C)c1cc(O)ccc1C. The summed E-state index contributed by atoms with van der Waals surface area (Å²) in [5.74, 6) is -0.645. The molecule has 1 aromatic carbocycles. The van der Waals surface area contributed by atoms with Gasteiger partial charge in [0.25, 0.3) is 0 Å². The summed E-state index contributed by atoms with van der Waals surface area (Å²) in [7, 11) is 0. The highest BCUT2D eigenvalue weighted by Crippen LogP contribution is 2.29. The van der Waals surface area contributed by atoms with E-state index in [2.05, 4.69) is 4.90 Å². The van der Waals surface area contributed by atoms with Gasteiger partial charge in [0.1, 0.15) is 10.6 Å². The summed E-state index contributed by atoms with van der Waals surface area (Å²) < 4.78 is 0. The number of anilines is 1. The molecule has 0 saturated carbocycles. The van der Waals surface area contributed by atoms with Crippen LogP contribution in [0.3, 0.4) is 0 Å². The molecule has 0 aliphatic carbocycles. The Hall–Kier alpha value is -2.01. The number of carboxylic acids is 1. The smallest absolute Gasteiger partial charge is 0.345 e. The number of rotatable bonds is 5. The van der Waals surface area contributed by atoms with E-state index >= 15 is 0 Å². The third-order valence-corrected chi connectivity index (χ3v) is 4.59. The summed E-state index contributed by atoms with van der Waals surface area (Å²) in [6.45, 7) is 7.40. The Balaban J connectivity index is 2.31. The standard InChI is InChI=1S/C16H19NO3S/c1-4-17(14-8-13(18)6-5-10(14)2)9-12-7-15(16(19)20)21-11(12)3/h5-8,18H,4,9H2,1-3H3,(H,19,20). The van der Waals surface area contributed by atoms with E-state index in [0.29, 0.717) is 11.4 Å². The van der Waals surface area contributed by atoms with E-state index in [-0.39, 0.29) is 5.75 Å². The van der Waals surface area contributed by atoms with Crippen LogP contribution >= 0.6 is 11.3 Å². The maximum atomic E-state index is 11.1. The average molecular weight is 305 g/mol. The first-order chi connectivity index (χ1) is 9.92. The van der Waals surface area contributed by atoms with Gasteiger partial charge in [-0.25, -0.2) is 4.79 Å². The van der Waals surface area contributed by atoms with E-state index in [9.17, 15) is 9.90 Å². The van der Waals surface area contributed by atoms with E-state index in [4.69, 9.17) is 5.11 Å². The molecular formula is C16H19NO3S. The second-order valence-corrected chi connectivity index (χ2v) is 6.24. The fourth-order valence-corrected chi connectivity index (χ4v) is 3.17. The molecule has 2 rings (SSSR count). The Morgan fingerprint density at radius 1 is 1.29 bits per heavy atom. The monoisotopic (exact) mass is 305 g/mol. The number of carbonyl (C=O) groups is 1. The van der Waals surface area contributed by atoms with Crippen LogP contribution in [-0.4, -0.2) is 22.7 Å². The lowest BCUT2D eigenvalue weighted by Gasteiger charge is -2.25. The van der Waals surface area contributed by atoms with Gasteiger partial charge in [-0.05, 0) is 44.0 Å². The highest BCUT2D eigenvalue weighted by Gasteiger charge is 2.15. The number of benzene rings is 1. The molecule has 0 radical (unpaired) electrons. The molecule has 2 aromatic rings. The van der Waals surface area contributed by atoms with Gasteiger partial charge in [0.2, 0.25) is 0 Å². The van der Waals surface area contributed by atoms with Crippen LogP contribution in [0.4, 0.5) is 5.69 Å². The number of aromatic hydroxyl groups is 1. The predicted molar refractivity (Wildman–Crippen MR) is 85.6 cm³/mol. The molecule has 0 unspecified atom stereocenters. The lowest BCUT2D eigenvalue weighted by atomic mass is 10.1. The Labute approximate surface area is 128 Å². The van der Waals surface area contributed by atoms with Crippen molar-refractivity contribution >= 4 is 23.0 Å². The third kappa shape index (κ3) is 3.36. The minimum absolute atomic E-state index is 0.238. The van der Waals surface area contributed by atoms with Crippen molar-refractivity contribution in [1.82, 2.24) is 0 Å². The minimum Gasteiger partial charge on any atom is -0.508 e. The topological polar surface area (TPSA) is 60.8 Å². The molecule has 0 spiro atoms. The third-order valence-electron chi connectivity index (χ3n) is 3.51. The Kier molecular flexibility index (Phi) is 4.53. The molecule has 0 bridgehead atoms. The molecule has 5 heteroatoms. The fourth-order valence-electron chi connectivity index (χ4n) is 2.29. The van der Waals surface area contributed by atoms with Crippen molar-refractivity contribution in [1.29, 1.82) is 0 Å². The van der Waals surface area contributed by atoms with Crippen LogP contribution in [0.1, 0.15) is 32.6 Å². The van der Waals surface area contributed by atoms with Crippen molar-refractivity contribution in [2.75, 3.05) is 11.4 Å². The summed E-state index contributed by atoms with van der Waals surface area (Å²) >= 11 is 1.30. The van der Waals surface area contributed by atoms with E-state index in [1.807, 2.05) is 26.8 Å².